The molecule has 0 amide bonds. The normalized spacial score (nSPS) is 16.1. The Labute approximate surface area is 97.3 Å². The van der Waals surface area contributed by atoms with Gasteiger partial charge in [0.25, 0.3) is 0 Å². The smallest absolute Gasteiger partial charge is 0.337 e. The van der Waals surface area contributed by atoms with Crippen LogP contribution in [0.1, 0.15) is 23.9 Å². The number of fused-ring (bicyclic) bond motifs is 3. The lowest BCUT2D eigenvalue weighted by molar-refractivity contribution is -0.146. The molecule has 17 heavy (non-hydrogen) atoms. The van der Waals surface area contributed by atoms with Crippen molar-refractivity contribution >= 4 is 17.0 Å². The number of hydrogen-bond donors (Lipinski definition) is 2. The van der Waals surface area contributed by atoms with E-state index < -0.39 is 12.1 Å². The summed E-state index contributed by atoms with van der Waals surface area (Å²) in [6.07, 6.45) is 0.571. The summed E-state index contributed by atoms with van der Waals surface area (Å²) in [6, 6.07) is 5.10. The first-order chi connectivity index (χ1) is 8.16. The Kier molecular flexibility index (Phi) is 2.16. The van der Waals surface area contributed by atoms with Gasteiger partial charge in [-0.2, -0.15) is 0 Å². The molecule has 0 fully saturated rings. The van der Waals surface area contributed by atoms with E-state index in [1.807, 2.05) is 0 Å². The van der Waals surface area contributed by atoms with Crippen LogP contribution in [-0.2, 0) is 17.8 Å². The fraction of sp³-hybridized carbons (Fsp3) is 0.333. The molecule has 0 saturated carbocycles. The maximum absolute atomic E-state index is 10.7. The third-order valence-corrected chi connectivity index (χ3v) is 3.18. The van der Waals surface area contributed by atoms with Crippen molar-refractivity contribution in [3.63, 3.8) is 0 Å². The average Bonchev–Trinajstić information content (AvgIpc) is 2.87. The van der Waals surface area contributed by atoms with E-state index in [9.17, 15) is 9.90 Å². The molecule has 2 aromatic rings. The van der Waals surface area contributed by atoms with Gasteiger partial charge in [0.05, 0.1) is 11.0 Å². The predicted octanol–water partition coefficient (Wildman–Crippen LogP) is 1.10. The summed E-state index contributed by atoms with van der Waals surface area (Å²) >= 11 is 0. The summed E-state index contributed by atoms with van der Waals surface area (Å²) in [5, 5.41) is 18.3. The monoisotopic (exact) mass is 232 g/mol. The summed E-state index contributed by atoms with van der Waals surface area (Å²) < 4.78 is 2.09. The van der Waals surface area contributed by atoms with Gasteiger partial charge in [0, 0.05) is 13.0 Å². The van der Waals surface area contributed by atoms with E-state index >= 15 is 0 Å². The largest absolute Gasteiger partial charge is 0.479 e. The molecule has 0 bridgehead atoms. The van der Waals surface area contributed by atoms with Crippen LogP contribution in [0, 0.1) is 0 Å². The molecular weight excluding hydrogens is 220 g/mol. The number of nitrogens with zero attached hydrogens (tertiary/aromatic N) is 2. The minimum absolute atomic E-state index is 0.402. The number of benzene rings is 1. The van der Waals surface area contributed by atoms with Crippen molar-refractivity contribution in [2.75, 3.05) is 0 Å². The van der Waals surface area contributed by atoms with Crippen molar-refractivity contribution in [3.05, 3.63) is 29.6 Å². The number of aromatic nitrogens is 2. The average molecular weight is 232 g/mol. The first-order valence-corrected chi connectivity index (χ1v) is 5.57. The second-order valence-electron chi connectivity index (χ2n) is 4.27. The molecule has 1 unspecified atom stereocenters. The van der Waals surface area contributed by atoms with Crippen molar-refractivity contribution < 1.29 is 15.0 Å². The highest BCUT2D eigenvalue weighted by atomic mass is 16.4. The number of rotatable bonds is 2. The van der Waals surface area contributed by atoms with Gasteiger partial charge in [-0.15, -0.1) is 0 Å². The van der Waals surface area contributed by atoms with Crippen molar-refractivity contribution in [1.29, 1.82) is 0 Å². The number of imidazole rings is 1. The number of aliphatic hydroxyl groups excluding tert-OH is 1. The van der Waals surface area contributed by atoms with Crippen molar-refractivity contribution in [3.8, 4) is 0 Å². The number of hydrogen-bond acceptors (Lipinski definition) is 3. The van der Waals surface area contributed by atoms with Gasteiger partial charge in [0.15, 0.2) is 6.10 Å². The van der Waals surface area contributed by atoms with Crippen LogP contribution in [0.15, 0.2) is 18.2 Å². The Morgan fingerprint density at radius 3 is 3.06 bits per heavy atom. The molecule has 5 heteroatoms. The minimum atomic E-state index is -1.47. The van der Waals surface area contributed by atoms with Crippen molar-refractivity contribution in [2.24, 2.45) is 0 Å². The van der Waals surface area contributed by atoms with Gasteiger partial charge in [-0.25, -0.2) is 9.78 Å². The molecule has 1 aromatic heterocycles. The second kappa shape index (κ2) is 3.56. The lowest BCUT2D eigenvalue weighted by atomic mass is 10.1. The Morgan fingerprint density at radius 2 is 2.29 bits per heavy atom. The number of aliphatic hydroxyl groups is 1. The van der Waals surface area contributed by atoms with E-state index in [1.165, 1.54) is 0 Å². The number of carboxylic acid groups (broad SMARTS) is 1. The van der Waals surface area contributed by atoms with Crippen LogP contribution in [0.2, 0.25) is 0 Å². The van der Waals surface area contributed by atoms with Gasteiger partial charge in [-0.1, -0.05) is 6.07 Å². The fourth-order valence-electron chi connectivity index (χ4n) is 2.34. The zero-order valence-electron chi connectivity index (χ0n) is 9.13. The summed E-state index contributed by atoms with van der Waals surface area (Å²) in [6.45, 7) is 0.915. The zero-order chi connectivity index (χ0) is 12.0. The van der Waals surface area contributed by atoms with E-state index in [0.29, 0.717) is 5.56 Å². The maximum Gasteiger partial charge on any atom is 0.337 e. The molecule has 0 saturated heterocycles. The first-order valence-electron chi connectivity index (χ1n) is 5.57. The third-order valence-electron chi connectivity index (χ3n) is 3.18. The van der Waals surface area contributed by atoms with Crippen molar-refractivity contribution in [1.82, 2.24) is 9.55 Å². The molecule has 2 N–H and O–H groups in total. The number of aryl methyl sites for hydroxylation is 2. The molecule has 2 heterocycles. The quantitative estimate of drug-likeness (QED) is 0.813. The third kappa shape index (κ3) is 1.51. The second-order valence-corrected chi connectivity index (χ2v) is 4.27. The Bertz CT molecular complexity index is 603. The Morgan fingerprint density at radius 1 is 1.47 bits per heavy atom. The number of aliphatic carboxylic acids is 1. The van der Waals surface area contributed by atoms with Crippen LogP contribution < -0.4 is 0 Å². The van der Waals surface area contributed by atoms with Gasteiger partial charge in [-0.05, 0) is 24.1 Å². The SMILES string of the molecule is O=C(O)C(O)c1ccc2nc3n(c2c1)CCC3. The lowest BCUT2D eigenvalue weighted by Gasteiger charge is -2.06. The molecule has 3 rings (SSSR count). The summed E-state index contributed by atoms with van der Waals surface area (Å²) in [5.74, 6) is -0.188. The highest BCUT2D eigenvalue weighted by Gasteiger charge is 2.20. The van der Waals surface area contributed by atoms with Crippen LogP contribution in [-0.4, -0.2) is 25.7 Å². The molecule has 5 nitrogen and oxygen atoms in total. The Hall–Kier alpha value is -1.88. The molecule has 0 radical (unpaired) electrons. The lowest BCUT2D eigenvalue weighted by Crippen LogP contribution is -2.10. The van der Waals surface area contributed by atoms with Gasteiger partial charge in [0.1, 0.15) is 5.82 Å². The van der Waals surface area contributed by atoms with E-state index in [4.69, 9.17) is 5.11 Å². The molecule has 1 atom stereocenters. The molecular formula is C12H12N2O3. The van der Waals surface area contributed by atoms with Crippen molar-refractivity contribution in [2.45, 2.75) is 25.5 Å². The van der Waals surface area contributed by atoms with Gasteiger partial charge in [-0.3, -0.25) is 0 Å². The van der Waals surface area contributed by atoms with Crippen LogP contribution >= 0.6 is 0 Å². The fourth-order valence-corrected chi connectivity index (χ4v) is 2.34. The molecule has 0 spiro atoms. The molecule has 88 valence electrons. The molecule has 1 aliphatic rings. The van der Waals surface area contributed by atoms with E-state index in [2.05, 4.69) is 9.55 Å². The highest BCUT2D eigenvalue weighted by Crippen LogP contribution is 2.25. The Balaban J connectivity index is 2.15. The van der Waals surface area contributed by atoms with E-state index in [-0.39, 0.29) is 0 Å². The van der Waals surface area contributed by atoms with E-state index in [0.717, 1.165) is 36.2 Å². The van der Waals surface area contributed by atoms with Crippen LogP contribution in [0.4, 0.5) is 0 Å². The zero-order valence-corrected chi connectivity index (χ0v) is 9.13. The summed E-state index contributed by atoms with van der Waals surface area (Å²) in [5.41, 5.74) is 2.18. The van der Waals surface area contributed by atoms with Gasteiger partial charge >= 0.3 is 5.97 Å². The topological polar surface area (TPSA) is 75.3 Å². The standard InChI is InChI=1S/C12H12N2O3/c15-11(12(16)17)7-3-4-8-9(6-7)14-5-1-2-10(14)13-8/h3-4,6,11,15H,1-2,5H2,(H,16,17). The summed E-state index contributed by atoms with van der Waals surface area (Å²) in [7, 11) is 0. The van der Waals surface area contributed by atoms with Crippen LogP contribution in [0.3, 0.4) is 0 Å². The minimum Gasteiger partial charge on any atom is -0.479 e. The van der Waals surface area contributed by atoms with Crippen LogP contribution in [0.5, 0.6) is 0 Å². The number of carbonyl (C=O) groups is 1. The van der Waals surface area contributed by atoms with E-state index in [1.54, 1.807) is 18.2 Å². The first kappa shape index (κ1) is 10.3. The van der Waals surface area contributed by atoms with Gasteiger partial charge < -0.3 is 14.8 Å². The molecule has 1 aromatic carbocycles. The predicted molar refractivity (Wildman–Crippen MR) is 60.6 cm³/mol. The molecule has 1 aliphatic heterocycles. The van der Waals surface area contributed by atoms with Crippen LogP contribution in [0.25, 0.3) is 11.0 Å². The molecule has 0 aliphatic carbocycles. The summed E-state index contributed by atoms with van der Waals surface area (Å²) in [4.78, 5) is 15.2. The number of carboxylic acids is 1. The highest BCUT2D eigenvalue weighted by molar-refractivity contribution is 5.80. The maximum atomic E-state index is 10.7. The van der Waals surface area contributed by atoms with Gasteiger partial charge in [0.2, 0.25) is 0 Å².